The Labute approximate surface area is 97.3 Å². The molecule has 0 spiro atoms. The van der Waals surface area contributed by atoms with Crippen molar-refractivity contribution in [3.05, 3.63) is 0 Å². The van der Waals surface area contributed by atoms with E-state index in [0.29, 0.717) is 36.7 Å². The third-order valence-corrected chi connectivity index (χ3v) is 3.72. The van der Waals surface area contributed by atoms with Crippen LogP contribution in [0.2, 0.25) is 0 Å². The van der Waals surface area contributed by atoms with Crippen molar-refractivity contribution < 1.29 is 9.53 Å². The van der Waals surface area contributed by atoms with Crippen molar-refractivity contribution in [2.45, 2.75) is 13.3 Å². The minimum atomic E-state index is 0.305. The number of rotatable bonds is 4. The first-order valence-electron chi connectivity index (χ1n) is 6.18. The van der Waals surface area contributed by atoms with E-state index in [1.54, 1.807) is 7.11 Å². The van der Waals surface area contributed by atoms with Gasteiger partial charge in [-0.15, -0.1) is 0 Å². The summed E-state index contributed by atoms with van der Waals surface area (Å²) in [7, 11) is 1.69. The summed E-state index contributed by atoms with van der Waals surface area (Å²) in [4.78, 5) is 14.1. The Kier molecular flexibility index (Phi) is 3.82. The van der Waals surface area contributed by atoms with Crippen LogP contribution >= 0.6 is 0 Å². The third-order valence-electron chi connectivity index (χ3n) is 3.72. The number of fused-ring (bicyclic) bond motifs is 1. The zero-order valence-corrected chi connectivity index (χ0v) is 10.2. The summed E-state index contributed by atoms with van der Waals surface area (Å²) in [6.45, 7) is 6.82. The van der Waals surface area contributed by atoms with Crippen LogP contribution in [-0.4, -0.2) is 50.7 Å². The van der Waals surface area contributed by atoms with Crippen molar-refractivity contribution in [2.75, 3.05) is 39.9 Å². The number of nitrogens with one attached hydrogen (secondary N) is 1. The smallest absolute Gasteiger partial charge is 0.222 e. The largest absolute Gasteiger partial charge is 0.384 e. The maximum absolute atomic E-state index is 12.0. The number of ether oxygens (including phenoxy) is 1. The number of carbonyl (C=O) groups is 1. The fourth-order valence-corrected chi connectivity index (χ4v) is 2.83. The molecule has 1 unspecified atom stereocenters. The second-order valence-corrected chi connectivity index (χ2v) is 5.24. The fraction of sp³-hybridized carbons (Fsp3) is 0.917. The lowest BCUT2D eigenvalue weighted by molar-refractivity contribution is -0.131. The van der Waals surface area contributed by atoms with E-state index in [4.69, 9.17) is 4.74 Å². The topological polar surface area (TPSA) is 41.6 Å². The molecule has 92 valence electrons. The van der Waals surface area contributed by atoms with Gasteiger partial charge in [-0.05, 0) is 17.8 Å². The Bertz CT molecular complexity index is 245. The van der Waals surface area contributed by atoms with Crippen molar-refractivity contribution in [3.63, 3.8) is 0 Å². The van der Waals surface area contributed by atoms with Crippen LogP contribution in [0.1, 0.15) is 13.3 Å². The van der Waals surface area contributed by atoms with Crippen LogP contribution in [0.3, 0.4) is 0 Å². The fourth-order valence-electron chi connectivity index (χ4n) is 2.83. The van der Waals surface area contributed by atoms with Crippen LogP contribution in [0.15, 0.2) is 0 Å². The molecular formula is C12H22N2O2. The van der Waals surface area contributed by atoms with Crippen LogP contribution in [0, 0.1) is 17.8 Å². The minimum absolute atomic E-state index is 0.305. The Morgan fingerprint density at radius 1 is 1.44 bits per heavy atom. The van der Waals surface area contributed by atoms with Crippen LogP contribution in [0.4, 0.5) is 0 Å². The van der Waals surface area contributed by atoms with Gasteiger partial charge in [0.2, 0.25) is 5.91 Å². The molecule has 0 aromatic rings. The van der Waals surface area contributed by atoms with Gasteiger partial charge in [0.05, 0.1) is 0 Å². The van der Waals surface area contributed by atoms with Gasteiger partial charge < -0.3 is 15.0 Å². The number of hydrogen-bond donors (Lipinski definition) is 1. The van der Waals surface area contributed by atoms with E-state index in [1.807, 2.05) is 4.90 Å². The molecule has 0 aliphatic carbocycles. The van der Waals surface area contributed by atoms with Gasteiger partial charge in [-0.2, -0.15) is 0 Å². The predicted octanol–water partition coefficient (Wildman–Crippen LogP) is 0.337. The Hall–Kier alpha value is -0.610. The Morgan fingerprint density at radius 3 is 2.62 bits per heavy atom. The molecule has 2 rings (SSSR count). The third kappa shape index (κ3) is 2.55. The van der Waals surface area contributed by atoms with Crippen molar-refractivity contribution in [1.29, 1.82) is 0 Å². The lowest BCUT2D eigenvalue weighted by Crippen LogP contribution is -2.33. The molecule has 2 aliphatic rings. The molecule has 1 N–H and O–H groups in total. The monoisotopic (exact) mass is 226 g/mol. The van der Waals surface area contributed by atoms with Crippen LogP contribution in [0.5, 0.6) is 0 Å². The highest BCUT2D eigenvalue weighted by molar-refractivity contribution is 5.76. The van der Waals surface area contributed by atoms with Gasteiger partial charge >= 0.3 is 0 Å². The van der Waals surface area contributed by atoms with Gasteiger partial charge in [-0.25, -0.2) is 0 Å². The van der Waals surface area contributed by atoms with Gasteiger partial charge in [-0.3, -0.25) is 4.79 Å². The van der Waals surface area contributed by atoms with Gasteiger partial charge in [0, 0.05) is 46.3 Å². The van der Waals surface area contributed by atoms with Crippen LogP contribution in [-0.2, 0) is 9.53 Å². The number of amides is 1. The first kappa shape index (κ1) is 11.9. The summed E-state index contributed by atoms with van der Waals surface area (Å²) < 4.78 is 5.06. The second kappa shape index (κ2) is 5.15. The lowest BCUT2D eigenvalue weighted by Gasteiger charge is -2.19. The molecule has 2 heterocycles. The van der Waals surface area contributed by atoms with Gasteiger partial charge in [0.15, 0.2) is 0 Å². The van der Waals surface area contributed by atoms with E-state index < -0.39 is 0 Å². The lowest BCUT2D eigenvalue weighted by atomic mass is 10.0. The molecule has 0 aromatic heterocycles. The quantitative estimate of drug-likeness (QED) is 0.751. The first-order chi connectivity index (χ1) is 7.70. The zero-order valence-electron chi connectivity index (χ0n) is 10.2. The molecule has 0 bridgehead atoms. The van der Waals surface area contributed by atoms with E-state index in [9.17, 15) is 4.79 Å². The van der Waals surface area contributed by atoms with E-state index in [2.05, 4.69) is 12.2 Å². The second-order valence-electron chi connectivity index (χ2n) is 5.24. The first-order valence-corrected chi connectivity index (χ1v) is 6.18. The number of nitrogens with zero attached hydrogens (tertiary/aromatic N) is 1. The zero-order chi connectivity index (χ0) is 11.5. The minimum Gasteiger partial charge on any atom is -0.384 e. The molecule has 0 saturated carbocycles. The average molecular weight is 226 g/mol. The summed E-state index contributed by atoms with van der Waals surface area (Å²) in [5.41, 5.74) is 0. The van der Waals surface area contributed by atoms with Crippen LogP contribution < -0.4 is 5.32 Å². The molecule has 0 radical (unpaired) electrons. The van der Waals surface area contributed by atoms with Gasteiger partial charge in [-0.1, -0.05) is 6.92 Å². The Balaban J connectivity index is 1.78. The summed E-state index contributed by atoms with van der Waals surface area (Å²) in [5, 5.41) is 3.39. The molecular weight excluding hydrogens is 204 g/mol. The molecule has 4 heteroatoms. The maximum atomic E-state index is 12.0. The molecule has 1 amide bonds. The molecule has 3 atom stereocenters. The van der Waals surface area contributed by atoms with E-state index in [1.165, 1.54) is 0 Å². The number of likely N-dealkylation sites (tertiary alicyclic amines) is 1. The van der Waals surface area contributed by atoms with Crippen molar-refractivity contribution in [3.8, 4) is 0 Å². The number of hydrogen-bond acceptors (Lipinski definition) is 3. The van der Waals surface area contributed by atoms with Crippen molar-refractivity contribution in [2.24, 2.45) is 17.8 Å². The standard InChI is InChI=1S/C12H22N2O2/c1-9(8-16-2)3-12(15)14-6-10-4-13-5-11(10)7-14/h9-11,13H,3-8H2,1-2H3/t9?,10-,11+. The molecule has 2 aliphatic heterocycles. The van der Waals surface area contributed by atoms with Crippen molar-refractivity contribution >= 4 is 5.91 Å². The SMILES string of the molecule is COCC(C)CC(=O)N1C[C@H]2CNC[C@H]2C1. The normalized spacial score (nSPS) is 30.5. The molecule has 4 nitrogen and oxygen atoms in total. The predicted molar refractivity (Wildman–Crippen MR) is 62.1 cm³/mol. The summed E-state index contributed by atoms with van der Waals surface area (Å²) in [6.07, 6.45) is 0.626. The van der Waals surface area contributed by atoms with Gasteiger partial charge in [0.25, 0.3) is 0 Å². The summed E-state index contributed by atoms with van der Waals surface area (Å²) in [5.74, 6) is 2.03. The molecule has 2 saturated heterocycles. The van der Waals surface area contributed by atoms with E-state index in [0.717, 1.165) is 26.2 Å². The number of methoxy groups -OCH3 is 1. The molecule has 0 aromatic carbocycles. The summed E-state index contributed by atoms with van der Waals surface area (Å²) in [6, 6.07) is 0. The Morgan fingerprint density at radius 2 is 2.06 bits per heavy atom. The maximum Gasteiger partial charge on any atom is 0.222 e. The highest BCUT2D eigenvalue weighted by Gasteiger charge is 2.37. The average Bonchev–Trinajstić information content (AvgIpc) is 2.76. The molecule has 2 fully saturated rings. The van der Waals surface area contributed by atoms with E-state index >= 15 is 0 Å². The van der Waals surface area contributed by atoms with Crippen molar-refractivity contribution in [1.82, 2.24) is 10.2 Å². The van der Waals surface area contributed by atoms with Crippen LogP contribution in [0.25, 0.3) is 0 Å². The summed E-state index contributed by atoms with van der Waals surface area (Å²) >= 11 is 0. The highest BCUT2D eigenvalue weighted by Crippen LogP contribution is 2.27. The van der Waals surface area contributed by atoms with Gasteiger partial charge in [0.1, 0.15) is 0 Å². The number of carbonyl (C=O) groups excluding carboxylic acids is 1. The van der Waals surface area contributed by atoms with E-state index in [-0.39, 0.29) is 0 Å². The highest BCUT2D eigenvalue weighted by atomic mass is 16.5. The molecule has 16 heavy (non-hydrogen) atoms.